The van der Waals surface area contributed by atoms with E-state index in [9.17, 15) is 9.90 Å². The second kappa shape index (κ2) is 4.70. The third-order valence-electron chi connectivity index (χ3n) is 2.95. The molecule has 0 aliphatic rings. The summed E-state index contributed by atoms with van der Waals surface area (Å²) in [6.45, 7) is 0. The number of hydrogen-bond donors (Lipinski definition) is 3. The monoisotopic (exact) mass is 248 g/mol. The minimum atomic E-state index is -1.38. The zero-order valence-electron chi connectivity index (χ0n) is 10.3. The fourth-order valence-corrected chi connectivity index (χ4v) is 2.06. The molecule has 2 aromatic rings. The Morgan fingerprint density at radius 1 is 1.44 bits per heavy atom. The summed E-state index contributed by atoms with van der Waals surface area (Å²) in [5, 5.41) is 19.2. The number of benzene rings is 1. The Labute approximate surface area is 105 Å². The van der Waals surface area contributed by atoms with Crippen LogP contribution in [0, 0.1) is 0 Å². The highest BCUT2D eigenvalue weighted by atomic mass is 16.4. The van der Waals surface area contributed by atoms with Crippen molar-refractivity contribution in [2.75, 3.05) is 19.0 Å². The number of aliphatic hydroxyl groups is 1. The van der Waals surface area contributed by atoms with Gasteiger partial charge in [-0.2, -0.15) is 0 Å². The molecule has 0 unspecified atom stereocenters. The highest BCUT2D eigenvalue weighted by molar-refractivity contribution is 5.95. The largest absolute Gasteiger partial charge is 0.479 e. The van der Waals surface area contributed by atoms with Crippen LogP contribution in [0.25, 0.3) is 10.9 Å². The predicted octanol–water partition coefficient (Wildman–Crippen LogP) is 1.22. The zero-order chi connectivity index (χ0) is 13.3. The van der Waals surface area contributed by atoms with E-state index in [1.807, 2.05) is 37.2 Å². The van der Waals surface area contributed by atoms with Crippen molar-refractivity contribution >= 4 is 22.6 Å². The van der Waals surface area contributed by atoms with Crippen molar-refractivity contribution in [3.05, 3.63) is 30.0 Å². The van der Waals surface area contributed by atoms with Gasteiger partial charge in [0.2, 0.25) is 0 Å². The lowest BCUT2D eigenvalue weighted by atomic mass is 10.0. The molecule has 96 valence electrons. The first-order valence-corrected chi connectivity index (χ1v) is 5.68. The molecule has 0 bridgehead atoms. The maximum atomic E-state index is 10.7. The number of nitrogens with zero attached hydrogens (tertiary/aromatic N) is 1. The normalized spacial score (nSPS) is 12.6. The topological polar surface area (TPSA) is 76.6 Å². The van der Waals surface area contributed by atoms with Crippen molar-refractivity contribution < 1.29 is 15.0 Å². The Morgan fingerprint density at radius 2 is 2.17 bits per heavy atom. The first kappa shape index (κ1) is 12.4. The van der Waals surface area contributed by atoms with Crippen LogP contribution in [0.1, 0.15) is 5.56 Å². The number of fused-ring (bicyclic) bond motifs is 1. The highest BCUT2D eigenvalue weighted by Gasteiger charge is 2.18. The lowest BCUT2D eigenvalue weighted by Crippen LogP contribution is -2.22. The van der Waals surface area contributed by atoms with Gasteiger partial charge in [0.15, 0.2) is 6.10 Å². The zero-order valence-corrected chi connectivity index (χ0v) is 10.3. The van der Waals surface area contributed by atoms with E-state index in [0.717, 1.165) is 22.2 Å². The number of aliphatic hydroxyl groups excluding tert-OH is 1. The molecule has 1 aromatic carbocycles. The molecule has 0 amide bonds. The summed E-state index contributed by atoms with van der Waals surface area (Å²) < 4.78 is 0. The van der Waals surface area contributed by atoms with Gasteiger partial charge in [0, 0.05) is 43.3 Å². The quantitative estimate of drug-likeness (QED) is 0.760. The van der Waals surface area contributed by atoms with Crippen LogP contribution in [0.5, 0.6) is 0 Å². The molecule has 0 radical (unpaired) electrons. The van der Waals surface area contributed by atoms with Crippen molar-refractivity contribution in [2.45, 2.75) is 12.5 Å². The van der Waals surface area contributed by atoms with Gasteiger partial charge in [-0.15, -0.1) is 0 Å². The van der Waals surface area contributed by atoms with Crippen LogP contribution in [0.4, 0.5) is 5.69 Å². The van der Waals surface area contributed by atoms with Crippen molar-refractivity contribution in [3.63, 3.8) is 0 Å². The molecule has 0 saturated heterocycles. The third kappa shape index (κ3) is 2.17. The van der Waals surface area contributed by atoms with Crippen LogP contribution in [-0.4, -0.2) is 41.4 Å². The molecule has 3 N–H and O–H groups in total. The molecule has 0 aliphatic heterocycles. The van der Waals surface area contributed by atoms with Crippen molar-refractivity contribution in [1.29, 1.82) is 0 Å². The minimum Gasteiger partial charge on any atom is -0.479 e. The fourth-order valence-electron chi connectivity index (χ4n) is 2.06. The SMILES string of the molecule is CN(C)c1cccc2[nH]cc(C[C@H](O)C(=O)O)c12. The number of aromatic nitrogens is 1. The van der Waals surface area contributed by atoms with Gasteiger partial charge >= 0.3 is 5.97 Å². The smallest absolute Gasteiger partial charge is 0.332 e. The lowest BCUT2D eigenvalue weighted by molar-refractivity contribution is -0.146. The molecule has 0 saturated carbocycles. The van der Waals surface area contributed by atoms with E-state index in [4.69, 9.17) is 5.11 Å². The second-order valence-corrected chi connectivity index (χ2v) is 4.47. The second-order valence-electron chi connectivity index (χ2n) is 4.47. The van der Waals surface area contributed by atoms with E-state index in [0.29, 0.717) is 0 Å². The van der Waals surface area contributed by atoms with Crippen LogP contribution in [0.15, 0.2) is 24.4 Å². The number of hydrogen-bond acceptors (Lipinski definition) is 3. The van der Waals surface area contributed by atoms with Gasteiger partial charge in [-0.25, -0.2) is 4.79 Å². The third-order valence-corrected chi connectivity index (χ3v) is 2.95. The van der Waals surface area contributed by atoms with Crippen LogP contribution in [-0.2, 0) is 11.2 Å². The molecule has 1 aromatic heterocycles. The number of rotatable bonds is 4. The van der Waals surface area contributed by atoms with E-state index in [-0.39, 0.29) is 6.42 Å². The van der Waals surface area contributed by atoms with Gasteiger partial charge in [-0.05, 0) is 17.7 Å². The average molecular weight is 248 g/mol. The molecule has 5 nitrogen and oxygen atoms in total. The van der Waals surface area contributed by atoms with E-state index in [1.54, 1.807) is 6.20 Å². The van der Waals surface area contributed by atoms with Crippen molar-refractivity contribution in [3.8, 4) is 0 Å². The Bertz CT molecular complexity index is 575. The standard InChI is InChI=1S/C13H16N2O3/c1-15(2)10-5-3-4-9-12(10)8(7-14-9)6-11(16)13(17)18/h3-5,7,11,14,16H,6H2,1-2H3,(H,17,18)/t11-/m0/s1. The van der Waals surface area contributed by atoms with E-state index in [2.05, 4.69) is 4.98 Å². The number of carbonyl (C=O) groups is 1. The molecule has 1 heterocycles. The van der Waals surface area contributed by atoms with Crippen LogP contribution >= 0.6 is 0 Å². The maximum absolute atomic E-state index is 10.7. The van der Waals surface area contributed by atoms with Gasteiger partial charge in [0.1, 0.15) is 0 Å². The number of anilines is 1. The summed E-state index contributed by atoms with van der Waals surface area (Å²) in [6.07, 6.45) is 0.475. The molecule has 0 fully saturated rings. The minimum absolute atomic E-state index is 0.0974. The summed E-state index contributed by atoms with van der Waals surface area (Å²) in [6, 6.07) is 5.83. The summed E-state index contributed by atoms with van der Waals surface area (Å²) in [5.74, 6) is -1.20. The molecule has 0 aliphatic carbocycles. The Balaban J connectivity index is 2.48. The van der Waals surface area contributed by atoms with Gasteiger partial charge in [0.25, 0.3) is 0 Å². The number of aliphatic carboxylic acids is 1. The number of nitrogens with one attached hydrogen (secondary N) is 1. The van der Waals surface area contributed by atoms with Gasteiger partial charge < -0.3 is 20.1 Å². The van der Waals surface area contributed by atoms with E-state index in [1.165, 1.54) is 0 Å². The molecule has 18 heavy (non-hydrogen) atoms. The van der Waals surface area contributed by atoms with E-state index < -0.39 is 12.1 Å². The average Bonchev–Trinajstić information content (AvgIpc) is 2.72. The molecule has 1 atom stereocenters. The van der Waals surface area contributed by atoms with Crippen LogP contribution < -0.4 is 4.90 Å². The number of aromatic amines is 1. The molecular formula is C13H16N2O3. The van der Waals surface area contributed by atoms with E-state index >= 15 is 0 Å². The van der Waals surface area contributed by atoms with Crippen LogP contribution in [0.2, 0.25) is 0 Å². The van der Waals surface area contributed by atoms with Crippen molar-refractivity contribution in [1.82, 2.24) is 4.98 Å². The van der Waals surface area contributed by atoms with Crippen LogP contribution in [0.3, 0.4) is 0 Å². The van der Waals surface area contributed by atoms with Gasteiger partial charge in [0.05, 0.1) is 0 Å². The summed E-state index contributed by atoms with van der Waals surface area (Å²) in [5.41, 5.74) is 2.75. The van der Waals surface area contributed by atoms with Gasteiger partial charge in [-0.3, -0.25) is 0 Å². The Hall–Kier alpha value is -2.01. The molecule has 5 heteroatoms. The predicted molar refractivity (Wildman–Crippen MR) is 70.0 cm³/mol. The van der Waals surface area contributed by atoms with Gasteiger partial charge in [-0.1, -0.05) is 6.07 Å². The summed E-state index contributed by atoms with van der Waals surface area (Å²) >= 11 is 0. The summed E-state index contributed by atoms with van der Waals surface area (Å²) in [4.78, 5) is 15.8. The molecule has 2 rings (SSSR count). The van der Waals surface area contributed by atoms with Crippen molar-refractivity contribution in [2.24, 2.45) is 0 Å². The Kier molecular flexibility index (Phi) is 3.25. The Morgan fingerprint density at radius 3 is 2.78 bits per heavy atom. The first-order chi connectivity index (χ1) is 8.50. The highest BCUT2D eigenvalue weighted by Crippen LogP contribution is 2.29. The number of carboxylic acids is 1. The first-order valence-electron chi connectivity index (χ1n) is 5.68. The number of carboxylic acid groups (broad SMARTS) is 1. The molecule has 0 spiro atoms. The fraction of sp³-hybridized carbons (Fsp3) is 0.308. The molecular weight excluding hydrogens is 232 g/mol. The maximum Gasteiger partial charge on any atom is 0.332 e. The summed E-state index contributed by atoms with van der Waals surface area (Å²) in [7, 11) is 3.86. The lowest BCUT2D eigenvalue weighted by Gasteiger charge is -2.15. The number of H-pyrrole nitrogens is 1.